The summed E-state index contributed by atoms with van der Waals surface area (Å²) in [6.07, 6.45) is 0. The smallest absolute Gasteiger partial charge is 0.224 e. The van der Waals surface area contributed by atoms with E-state index in [1.165, 1.54) is 0 Å². The van der Waals surface area contributed by atoms with Crippen LogP contribution in [0, 0.1) is 5.92 Å². The summed E-state index contributed by atoms with van der Waals surface area (Å²) >= 11 is 0. The third kappa shape index (κ3) is 3.47. The zero-order chi connectivity index (χ0) is 13.0. The second-order valence-corrected chi connectivity index (χ2v) is 3.91. The third-order valence-corrected chi connectivity index (χ3v) is 2.38. The quantitative estimate of drug-likeness (QED) is 0.649. The van der Waals surface area contributed by atoms with Crippen molar-refractivity contribution >= 4 is 23.5 Å². The number of hydrogen-bond acceptors (Lipinski definition) is 6. The van der Waals surface area contributed by atoms with Gasteiger partial charge < -0.3 is 21.7 Å². The minimum Gasteiger partial charge on any atom is -0.383 e. The highest BCUT2D eigenvalue weighted by molar-refractivity contribution is 5.78. The summed E-state index contributed by atoms with van der Waals surface area (Å²) < 4.78 is 0. The molecule has 0 fully saturated rings. The molecule has 7 nitrogen and oxygen atoms in total. The first-order valence-electron chi connectivity index (χ1n) is 5.26. The highest BCUT2D eigenvalue weighted by atomic mass is 16.1. The van der Waals surface area contributed by atoms with Crippen molar-refractivity contribution < 1.29 is 4.79 Å². The second kappa shape index (κ2) is 5.33. The lowest BCUT2D eigenvalue weighted by atomic mass is 10.1. The van der Waals surface area contributed by atoms with E-state index in [0.717, 1.165) is 0 Å². The maximum Gasteiger partial charge on any atom is 0.224 e. The van der Waals surface area contributed by atoms with Crippen molar-refractivity contribution in [2.75, 3.05) is 37.0 Å². The van der Waals surface area contributed by atoms with Gasteiger partial charge in [-0.2, -0.15) is 9.97 Å². The Morgan fingerprint density at radius 1 is 1.53 bits per heavy atom. The molecule has 1 rings (SSSR count). The topological polar surface area (TPSA) is 110 Å². The molecular formula is C10H18N6O. The number of nitrogens with two attached hydrogens (primary N) is 2. The molecule has 0 aromatic carbocycles. The fourth-order valence-electron chi connectivity index (χ4n) is 1.50. The number of amides is 1. The average Bonchev–Trinajstić information content (AvgIpc) is 2.26. The number of nitrogen functional groups attached to an aromatic ring is 2. The summed E-state index contributed by atoms with van der Waals surface area (Å²) in [6.45, 7) is 2.36. The van der Waals surface area contributed by atoms with Crippen LogP contribution in [0.3, 0.4) is 0 Å². The molecule has 17 heavy (non-hydrogen) atoms. The first-order chi connectivity index (χ1) is 7.93. The molecule has 0 aliphatic carbocycles. The predicted octanol–water partition coefficient (Wildman–Crippen LogP) is -0.541. The first kappa shape index (κ1) is 13.0. The van der Waals surface area contributed by atoms with Crippen LogP contribution in [-0.4, -0.2) is 36.5 Å². The van der Waals surface area contributed by atoms with Gasteiger partial charge in [0.25, 0.3) is 0 Å². The van der Waals surface area contributed by atoms with Crippen molar-refractivity contribution in [1.82, 2.24) is 15.3 Å². The van der Waals surface area contributed by atoms with Crippen LogP contribution in [0.25, 0.3) is 0 Å². The van der Waals surface area contributed by atoms with Crippen LogP contribution in [-0.2, 0) is 4.79 Å². The van der Waals surface area contributed by atoms with Crippen LogP contribution in [0.1, 0.15) is 6.92 Å². The predicted molar refractivity (Wildman–Crippen MR) is 67.4 cm³/mol. The molecule has 1 amide bonds. The molecule has 0 bridgehead atoms. The van der Waals surface area contributed by atoms with E-state index >= 15 is 0 Å². The van der Waals surface area contributed by atoms with Gasteiger partial charge in [0.15, 0.2) is 0 Å². The number of nitrogens with one attached hydrogen (secondary N) is 1. The van der Waals surface area contributed by atoms with E-state index in [1.807, 2.05) is 18.9 Å². The Labute approximate surface area is 100 Å². The van der Waals surface area contributed by atoms with Crippen LogP contribution in [0.15, 0.2) is 6.07 Å². The van der Waals surface area contributed by atoms with Crippen LogP contribution >= 0.6 is 0 Å². The van der Waals surface area contributed by atoms with E-state index in [9.17, 15) is 4.79 Å². The molecule has 0 saturated carbocycles. The Morgan fingerprint density at radius 3 is 2.71 bits per heavy atom. The van der Waals surface area contributed by atoms with Gasteiger partial charge in [0.1, 0.15) is 11.6 Å². The van der Waals surface area contributed by atoms with E-state index in [1.54, 1.807) is 13.1 Å². The summed E-state index contributed by atoms with van der Waals surface area (Å²) in [7, 11) is 3.43. The maximum atomic E-state index is 11.4. The van der Waals surface area contributed by atoms with Crippen LogP contribution in [0.4, 0.5) is 17.6 Å². The zero-order valence-corrected chi connectivity index (χ0v) is 10.3. The highest BCUT2D eigenvalue weighted by Gasteiger charge is 2.15. The normalized spacial score (nSPS) is 11.9. The van der Waals surface area contributed by atoms with Gasteiger partial charge in [0.2, 0.25) is 11.9 Å². The van der Waals surface area contributed by atoms with Gasteiger partial charge in [-0.15, -0.1) is 0 Å². The van der Waals surface area contributed by atoms with Crippen molar-refractivity contribution in [1.29, 1.82) is 0 Å². The lowest BCUT2D eigenvalue weighted by Crippen LogP contribution is -2.34. The molecule has 7 heteroatoms. The molecular weight excluding hydrogens is 220 g/mol. The molecule has 1 heterocycles. The fourth-order valence-corrected chi connectivity index (χ4v) is 1.50. The Morgan fingerprint density at radius 2 is 2.18 bits per heavy atom. The Bertz CT molecular complexity index is 388. The minimum atomic E-state index is -0.151. The number of rotatable bonds is 4. The van der Waals surface area contributed by atoms with Crippen molar-refractivity contribution in [2.24, 2.45) is 5.92 Å². The Kier molecular flexibility index (Phi) is 4.08. The standard InChI is InChI=1S/C10H18N6O/c1-6(9(17)13-2)5-16(3)8-4-7(11)14-10(12)15-8/h4,6H,5H2,1-3H3,(H,13,17)(H4,11,12,14,15). The molecule has 1 unspecified atom stereocenters. The number of carbonyl (C=O) groups excluding carboxylic acids is 1. The third-order valence-electron chi connectivity index (χ3n) is 2.38. The molecule has 5 N–H and O–H groups in total. The van der Waals surface area contributed by atoms with E-state index in [-0.39, 0.29) is 17.8 Å². The fraction of sp³-hybridized carbons (Fsp3) is 0.500. The Hall–Kier alpha value is -2.05. The number of carbonyl (C=O) groups is 1. The van der Waals surface area contributed by atoms with Gasteiger partial charge in [-0.1, -0.05) is 6.92 Å². The van der Waals surface area contributed by atoms with Crippen LogP contribution < -0.4 is 21.7 Å². The summed E-state index contributed by atoms with van der Waals surface area (Å²) in [6, 6.07) is 1.62. The largest absolute Gasteiger partial charge is 0.383 e. The van der Waals surface area contributed by atoms with Gasteiger partial charge in [-0.25, -0.2) is 0 Å². The summed E-state index contributed by atoms with van der Waals surface area (Å²) in [4.78, 5) is 21.0. The highest BCUT2D eigenvalue weighted by Crippen LogP contribution is 2.14. The molecule has 0 saturated heterocycles. The van der Waals surface area contributed by atoms with Gasteiger partial charge in [-0.3, -0.25) is 4.79 Å². The number of aromatic nitrogens is 2. The lowest BCUT2D eigenvalue weighted by molar-refractivity contribution is -0.123. The molecule has 94 valence electrons. The molecule has 0 aliphatic heterocycles. The van der Waals surface area contributed by atoms with Gasteiger partial charge in [0.05, 0.1) is 5.92 Å². The van der Waals surface area contributed by atoms with E-state index in [2.05, 4.69) is 15.3 Å². The lowest BCUT2D eigenvalue weighted by Gasteiger charge is -2.21. The summed E-state index contributed by atoms with van der Waals surface area (Å²) in [5.74, 6) is 0.867. The molecule has 1 atom stereocenters. The maximum absolute atomic E-state index is 11.4. The van der Waals surface area contributed by atoms with Gasteiger partial charge in [0, 0.05) is 26.7 Å². The molecule has 1 aromatic rings. The first-order valence-corrected chi connectivity index (χ1v) is 5.26. The molecule has 0 aliphatic rings. The SMILES string of the molecule is CNC(=O)C(C)CN(C)c1cc(N)nc(N)n1. The average molecular weight is 238 g/mol. The second-order valence-electron chi connectivity index (χ2n) is 3.91. The van der Waals surface area contributed by atoms with Crippen LogP contribution in [0.5, 0.6) is 0 Å². The van der Waals surface area contributed by atoms with Gasteiger partial charge >= 0.3 is 0 Å². The van der Waals surface area contributed by atoms with E-state index in [0.29, 0.717) is 18.2 Å². The summed E-state index contributed by atoms with van der Waals surface area (Å²) in [5, 5.41) is 2.60. The Balaban J connectivity index is 2.75. The minimum absolute atomic E-state index is 0.0214. The van der Waals surface area contributed by atoms with Crippen molar-refractivity contribution in [2.45, 2.75) is 6.92 Å². The molecule has 0 radical (unpaired) electrons. The number of anilines is 3. The van der Waals surface area contributed by atoms with E-state index < -0.39 is 0 Å². The van der Waals surface area contributed by atoms with Gasteiger partial charge in [-0.05, 0) is 0 Å². The van der Waals surface area contributed by atoms with Crippen molar-refractivity contribution in [3.05, 3.63) is 6.07 Å². The monoisotopic (exact) mass is 238 g/mol. The number of hydrogen-bond donors (Lipinski definition) is 3. The number of nitrogens with zero attached hydrogens (tertiary/aromatic N) is 3. The van der Waals surface area contributed by atoms with Crippen molar-refractivity contribution in [3.63, 3.8) is 0 Å². The van der Waals surface area contributed by atoms with E-state index in [4.69, 9.17) is 11.5 Å². The zero-order valence-electron chi connectivity index (χ0n) is 10.3. The summed E-state index contributed by atoms with van der Waals surface area (Å²) in [5.41, 5.74) is 11.1. The molecule has 0 spiro atoms. The van der Waals surface area contributed by atoms with Crippen molar-refractivity contribution in [3.8, 4) is 0 Å². The van der Waals surface area contributed by atoms with Crippen LogP contribution in [0.2, 0.25) is 0 Å². The molecule has 1 aromatic heterocycles.